The van der Waals surface area contributed by atoms with E-state index < -0.39 is 0 Å². The summed E-state index contributed by atoms with van der Waals surface area (Å²) in [6.07, 6.45) is 0. The Labute approximate surface area is 151 Å². The molecule has 0 saturated heterocycles. The van der Waals surface area contributed by atoms with Crippen molar-refractivity contribution in [3.63, 3.8) is 0 Å². The fourth-order valence-corrected chi connectivity index (χ4v) is 3.03. The van der Waals surface area contributed by atoms with E-state index >= 15 is 0 Å². The second kappa shape index (κ2) is 6.70. The van der Waals surface area contributed by atoms with Crippen LogP contribution in [-0.4, -0.2) is 33.6 Å². The highest BCUT2D eigenvalue weighted by Gasteiger charge is 2.18. The molecule has 2 aromatic heterocycles. The number of hydrogen-bond donors (Lipinski definition) is 1. The summed E-state index contributed by atoms with van der Waals surface area (Å²) in [5.74, 6) is 1.93. The van der Waals surface area contributed by atoms with Crippen LogP contribution in [0.25, 0.3) is 11.0 Å². The lowest BCUT2D eigenvalue weighted by molar-refractivity contribution is 0.397. The molecule has 1 aromatic carbocycles. The molecule has 26 heavy (non-hydrogen) atoms. The zero-order chi connectivity index (χ0) is 19.0. The average molecular weight is 357 g/mol. The summed E-state index contributed by atoms with van der Waals surface area (Å²) < 4.78 is 13.8. The molecule has 3 rings (SSSR count). The minimum atomic E-state index is -0.160. The average Bonchev–Trinajstić information content (AvgIpc) is 2.92. The van der Waals surface area contributed by atoms with Crippen LogP contribution in [0.2, 0.25) is 0 Å². The number of methoxy groups -OCH3 is 2. The Balaban J connectivity index is 2.05. The number of fused-ring (bicyclic) bond motifs is 1. The molecule has 0 aliphatic rings. The van der Waals surface area contributed by atoms with Crippen LogP contribution in [0.3, 0.4) is 0 Å². The first kappa shape index (κ1) is 17.8. The second-order valence-electron chi connectivity index (χ2n) is 6.18. The maximum atomic E-state index is 12.7. The van der Waals surface area contributed by atoms with Crippen molar-refractivity contribution in [2.75, 3.05) is 19.5 Å². The van der Waals surface area contributed by atoms with Gasteiger partial charge in [0.2, 0.25) is 5.95 Å². The molecule has 0 radical (unpaired) electrons. The number of ether oxygens (including phenoxy) is 2. The van der Waals surface area contributed by atoms with Crippen molar-refractivity contribution in [3.05, 3.63) is 39.8 Å². The molecule has 8 heteroatoms. The van der Waals surface area contributed by atoms with E-state index in [2.05, 4.69) is 15.4 Å². The van der Waals surface area contributed by atoms with Crippen LogP contribution >= 0.6 is 0 Å². The van der Waals surface area contributed by atoms with E-state index in [-0.39, 0.29) is 11.6 Å². The van der Waals surface area contributed by atoms with Gasteiger partial charge in [-0.1, -0.05) is 0 Å². The van der Waals surface area contributed by atoms with Crippen LogP contribution in [0, 0.1) is 6.92 Å². The fourth-order valence-electron chi connectivity index (χ4n) is 3.03. The van der Waals surface area contributed by atoms with Gasteiger partial charge in [-0.3, -0.25) is 14.0 Å². The third-order valence-electron chi connectivity index (χ3n) is 4.48. The Bertz CT molecular complexity index is 1020. The predicted molar refractivity (Wildman–Crippen MR) is 100 cm³/mol. The van der Waals surface area contributed by atoms with Gasteiger partial charge in [0, 0.05) is 19.7 Å². The van der Waals surface area contributed by atoms with Crippen LogP contribution < -0.4 is 20.3 Å². The number of nitrogens with one attached hydrogen (secondary N) is 1. The zero-order valence-corrected chi connectivity index (χ0v) is 15.8. The van der Waals surface area contributed by atoms with Gasteiger partial charge in [-0.05, 0) is 32.0 Å². The Morgan fingerprint density at radius 3 is 2.58 bits per heavy atom. The number of anilines is 1. The molecule has 0 aliphatic heterocycles. The van der Waals surface area contributed by atoms with E-state index in [9.17, 15) is 4.79 Å². The van der Waals surface area contributed by atoms with Gasteiger partial charge in [-0.25, -0.2) is 4.98 Å². The molecule has 0 spiro atoms. The van der Waals surface area contributed by atoms with E-state index in [1.54, 1.807) is 33.0 Å². The Morgan fingerprint density at radius 2 is 1.92 bits per heavy atom. The van der Waals surface area contributed by atoms with E-state index in [1.807, 2.05) is 32.0 Å². The molecular weight excluding hydrogens is 334 g/mol. The Kier molecular flexibility index (Phi) is 4.58. The third kappa shape index (κ3) is 2.87. The third-order valence-corrected chi connectivity index (χ3v) is 4.48. The molecule has 138 valence electrons. The number of nitrogens with zero attached hydrogens (tertiary/aromatic N) is 4. The van der Waals surface area contributed by atoms with Crippen molar-refractivity contribution in [2.45, 2.75) is 19.9 Å². The highest BCUT2D eigenvalue weighted by Crippen LogP contribution is 2.31. The maximum Gasteiger partial charge on any atom is 0.280 e. The number of rotatable bonds is 5. The first-order chi connectivity index (χ1) is 12.4. The van der Waals surface area contributed by atoms with Crippen molar-refractivity contribution in [1.29, 1.82) is 0 Å². The smallest absolute Gasteiger partial charge is 0.280 e. The topological polar surface area (TPSA) is 83.2 Å². The Hall–Kier alpha value is -3.03. The van der Waals surface area contributed by atoms with Gasteiger partial charge in [0.1, 0.15) is 17.0 Å². The summed E-state index contributed by atoms with van der Waals surface area (Å²) in [6, 6.07) is 5.44. The van der Waals surface area contributed by atoms with Crippen molar-refractivity contribution in [2.24, 2.45) is 14.1 Å². The lowest BCUT2D eigenvalue weighted by atomic mass is 10.1. The highest BCUT2D eigenvalue weighted by molar-refractivity contribution is 5.77. The first-order valence-corrected chi connectivity index (χ1v) is 8.26. The molecule has 0 aliphatic carbocycles. The monoisotopic (exact) mass is 357 g/mol. The standard InChI is InChI=1S/C18H23N5O3/c1-10(13-9-12(25-5)7-8-14(13)26-6)19-18-20-15-11(2)21-23(4)16(15)17(24)22(18)3/h7-10H,1-6H3,(H,19,20)/t10-/m1/s1. The second-order valence-corrected chi connectivity index (χ2v) is 6.18. The minimum absolute atomic E-state index is 0.148. The summed E-state index contributed by atoms with van der Waals surface area (Å²) in [5, 5.41) is 7.60. The summed E-state index contributed by atoms with van der Waals surface area (Å²) in [7, 11) is 6.68. The molecule has 0 saturated carbocycles. The number of aryl methyl sites for hydroxylation is 2. The normalized spacial score (nSPS) is 12.2. The minimum Gasteiger partial charge on any atom is -0.497 e. The molecule has 0 bridgehead atoms. The highest BCUT2D eigenvalue weighted by atomic mass is 16.5. The van der Waals surface area contributed by atoms with Gasteiger partial charge < -0.3 is 14.8 Å². The van der Waals surface area contributed by atoms with Gasteiger partial charge in [0.15, 0.2) is 5.52 Å². The van der Waals surface area contributed by atoms with Crippen LogP contribution in [0.5, 0.6) is 11.5 Å². The molecule has 2 heterocycles. The SMILES string of the molecule is COc1ccc(OC)c([C@@H](C)Nc2nc3c(C)nn(C)c3c(=O)n2C)c1. The van der Waals surface area contributed by atoms with Crippen molar-refractivity contribution < 1.29 is 9.47 Å². The first-order valence-electron chi connectivity index (χ1n) is 8.26. The molecular formula is C18H23N5O3. The van der Waals surface area contributed by atoms with Crippen LogP contribution in [0.15, 0.2) is 23.0 Å². The van der Waals surface area contributed by atoms with Gasteiger partial charge >= 0.3 is 0 Å². The van der Waals surface area contributed by atoms with Crippen molar-refractivity contribution in [1.82, 2.24) is 19.3 Å². The van der Waals surface area contributed by atoms with Crippen LogP contribution in [0.1, 0.15) is 24.2 Å². The Morgan fingerprint density at radius 1 is 1.19 bits per heavy atom. The lowest BCUT2D eigenvalue weighted by Gasteiger charge is -2.20. The van der Waals surface area contributed by atoms with Crippen molar-refractivity contribution in [3.8, 4) is 11.5 Å². The number of hydrogen-bond acceptors (Lipinski definition) is 6. The summed E-state index contributed by atoms with van der Waals surface area (Å²) in [6.45, 7) is 3.82. The zero-order valence-electron chi connectivity index (χ0n) is 15.8. The molecule has 3 aromatic rings. The van der Waals surface area contributed by atoms with Gasteiger partial charge in [0.25, 0.3) is 5.56 Å². The van der Waals surface area contributed by atoms with Crippen molar-refractivity contribution >= 4 is 17.0 Å². The maximum absolute atomic E-state index is 12.7. The number of benzene rings is 1. The predicted octanol–water partition coefficient (Wildman–Crippen LogP) is 2.17. The van der Waals surface area contributed by atoms with Gasteiger partial charge in [-0.2, -0.15) is 5.10 Å². The summed E-state index contributed by atoms with van der Waals surface area (Å²) in [5.41, 5.74) is 2.56. The van der Waals surface area contributed by atoms with Crippen LogP contribution in [-0.2, 0) is 14.1 Å². The van der Waals surface area contributed by atoms with Gasteiger partial charge in [-0.15, -0.1) is 0 Å². The van der Waals surface area contributed by atoms with E-state index in [4.69, 9.17) is 9.47 Å². The lowest BCUT2D eigenvalue weighted by Crippen LogP contribution is -2.24. The van der Waals surface area contributed by atoms with E-state index in [0.717, 1.165) is 22.8 Å². The van der Waals surface area contributed by atoms with E-state index in [0.29, 0.717) is 17.0 Å². The number of aromatic nitrogens is 4. The van der Waals surface area contributed by atoms with Crippen LogP contribution in [0.4, 0.5) is 5.95 Å². The fraction of sp³-hybridized carbons (Fsp3) is 0.389. The quantitative estimate of drug-likeness (QED) is 0.753. The molecule has 1 N–H and O–H groups in total. The van der Waals surface area contributed by atoms with E-state index in [1.165, 1.54) is 4.57 Å². The molecule has 0 fully saturated rings. The van der Waals surface area contributed by atoms with Gasteiger partial charge in [0.05, 0.1) is 26.0 Å². The molecule has 0 amide bonds. The molecule has 0 unspecified atom stereocenters. The molecule has 8 nitrogen and oxygen atoms in total. The summed E-state index contributed by atoms with van der Waals surface area (Å²) >= 11 is 0. The largest absolute Gasteiger partial charge is 0.497 e. The summed E-state index contributed by atoms with van der Waals surface area (Å²) in [4.78, 5) is 17.3. The molecule has 1 atom stereocenters.